The first-order valence-corrected chi connectivity index (χ1v) is 9.80. The van der Waals surface area contributed by atoms with Gasteiger partial charge in [0.15, 0.2) is 6.10 Å². The maximum atomic E-state index is 12.3. The highest BCUT2D eigenvalue weighted by atomic mass is 35.5. The van der Waals surface area contributed by atoms with Crippen LogP contribution in [0.1, 0.15) is 6.92 Å². The molecule has 0 aromatic heterocycles. The van der Waals surface area contributed by atoms with E-state index in [2.05, 4.69) is 5.32 Å². The van der Waals surface area contributed by atoms with Gasteiger partial charge in [-0.3, -0.25) is 4.79 Å². The summed E-state index contributed by atoms with van der Waals surface area (Å²) in [6, 6.07) is 21.5. The summed E-state index contributed by atoms with van der Waals surface area (Å²) in [5, 5.41) is 5.75. The van der Waals surface area contributed by atoms with E-state index in [1.54, 1.807) is 18.7 Å². The van der Waals surface area contributed by atoms with Crippen LogP contribution < -0.4 is 10.1 Å². The molecule has 0 spiro atoms. The van der Waals surface area contributed by atoms with Crippen LogP contribution in [-0.2, 0) is 4.79 Å². The summed E-state index contributed by atoms with van der Waals surface area (Å²) in [7, 11) is 0. The number of benzene rings is 3. The van der Waals surface area contributed by atoms with E-state index in [0.717, 1.165) is 32.2 Å². The van der Waals surface area contributed by atoms with Gasteiger partial charge in [0, 0.05) is 27.6 Å². The van der Waals surface area contributed by atoms with Crippen LogP contribution in [0.25, 0.3) is 10.8 Å². The zero-order chi connectivity index (χ0) is 18.4. The minimum Gasteiger partial charge on any atom is -0.480 e. The van der Waals surface area contributed by atoms with Crippen molar-refractivity contribution in [3.8, 4) is 5.75 Å². The Labute approximate surface area is 162 Å². The second-order valence-electron chi connectivity index (χ2n) is 5.83. The molecular weight excluding hydrogens is 366 g/mol. The van der Waals surface area contributed by atoms with Crippen molar-refractivity contribution < 1.29 is 9.53 Å². The second kappa shape index (κ2) is 8.97. The number of nitrogens with one attached hydrogen (secondary N) is 1. The van der Waals surface area contributed by atoms with Gasteiger partial charge in [0.2, 0.25) is 0 Å². The van der Waals surface area contributed by atoms with Crippen LogP contribution in [0.3, 0.4) is 0 Å². The molecule has 26 heavy (non-hydrogen) atoms. The van der Waals surface area contributed by atoms with Crippen molar-refractivity contribution >= 4 is 40.0 Å². The van der Waals surface area contributed by atoms with E-state index in [1.807, 2.05) is 66.7 Å². The fourth-order valence-electron chi connectivity index (χ4n) is 2.56. The standard InChI is InChI=1S/C21H20ClNO2S/c1-15(25-20-8-4-6-16-5-2-3-7-19(16)20)21(24)23-13-14-26-18-11-9-17(22)10-12-18/h2-12,15H,13-14H2,1H3,(H,23,24). The van der Waals surface area contributed by atoms with Crippen molar-refractivity contribution in [1.82, 2.24) is 5.32 Å². The molecule has 3 rings (SSSR count). The van der Waals surface area contributed by atoms with Gasteiger partial charge in [0.25, 0.3) is 5.91 Å². The first kappa shape index (κ1) is 18.6. The lowest BCUT2D eigenvalue weighted by Crippen LogP contribution is -2.37. The van der Waals surface area contributed by atoms with Gasteiger partial charge in [-0.05, 0) is 42.6 Å². The third kappa shape index (κ3) is 4.93. The van der Waals surface area contributed by atoms with Crippen molar-refractivity contribution in [3.63, 3.8) is 0 Å². The Morgan fingerprint density at radius 3 is 2.62 bits per heavy atom. The van der Waals surface area contributed by atoms with E-state index in [9.17, 15) is 4.79 Å². The van der Waals surface area contributed by atoms with Crippen LogP contribution in [0.4, 0.5) is 0 Å². The molecule has 0 bridgehead atoms. The Morgan fingerprint density at radius 2 is 1.81 bits per heavy atom. The smallest absolute Gasteiger partial charge is 0.260 e. The lowest BCUT2D eigenvalue weighted by atomic mass is 10.1. The normalized spacial score (nSPS) is 11.9. The average Bonchev–Trinajstić information content (AvgIpc) is 2.66. The number of hydrogen-bond donors (Lipinski definition) is 1. The van der Waals surface area contributed by atoms with E-state index in [-0.39, 0.29) is 5.91 Å². The molecule has 3 aromatic rings. The monoisotopic (exact) mass is 385 g/mol. The highest BCUT2D eigenvalue weighted by Gasteiger charge is 2.15. The molecule has 1 unspecified atom stereocenters. The summed E-state index contributed by atoms with van der Waals surface area (Å²) in [6.45, 7) is 2.35. The number of thioether (sulfide) groups is 1. The minimum atomic E-state index is -0.554. The Kier molecular flexibility index (Phi) is 6.42. The number of halogens is 1. The molecule has 0 aliphatic carbocycles. The molecule has 0 aliphatic rings. The highest BCUT2D eigenvalue weighted by molar-refractivity contribution is 7.99. The molecule has 3 nitrogen and oxygen atoms in total. The average molecular weight is 386 g/mol. The summed E-state index contributed by atoms with van der Waals surface area (Å²) >= 11 is 7.55. The molecule has 0 heterocycles. The van der Waals surface area contributed by atoms with Gasteiger partial charge in [-0.25, -0.2) is 0 Å². The molecule has 134 valence electrons. The Balaban J connectivity index is 1.49. The molecule has 1 amide bonds. The van der Waals surface area contributed by atoms with Crippen LogP contribution in [0.5, 0.6) is 5.75 Å². The van der Waals surface area contributed by atoms with Crippen molar-refractivity contribution in [2.24, 2.45) is 0 Å². The Hall–Kier alpha value is -2.17. The SMILES string of the molecule is CC(Oc1cccc2ccccc12)C(=O)NCCSc1ccc(Cl)cc1. The third-order valence-corrected chi connectivity index (χ3v) is 5.17. The predicted molar refractivity (Wildman–Crippen MR) is 109 cm³/mol. The molecule has 0 saturated heterocycles. The number of carbonyl (C=O) groups excluding carboxylic acids is 1. The van der Waals surface area contributed by atoms with Gasteiger partial charge in [0.1, 0.15) is 5.75 Å². The van der Waals surface area contributed by atoms with E-state index >= 15 is 0 Å². The molecule has 0 radical (unpaired) electrons. The summed E-state index contributed by atoms with van der Waals surface area (Å²) in [4.78, 5) is 13.4. The molecule has 0 fully saturated rings. The summed E-state index contributed by atoms with van der Waals surface area (Å²) in [6.07, 6.45) is -0.554. The van der Waals surface area contributed by atoms with Crippen LogP contribution in [-0.4, -0.2) is 24.3 Å². The third-order valence-electron chi connectivity index (χ3n) is 3.91. The predicted octanol–water partition coefficient (Wildman–Crippen LogP) is 5.17. The fraction of sp³-hybridized carbons (Fsp3) is 0.190. The fourth-order valence-corrected chi connectivity index (χ4v) is 3.45. The lowest BCUT2D eigenvalue weighted by Gasteiger charge is -2.16. The van der Waals surface area contributed by atoms with Crippen LogP contribution in [0.15, 0.2) is 71.6 Å². The molecule has 3 aromatic carbocycles. The summed E-state index contributed by atoms with van der Waals surface area (Å²) in [5.74, 6) is 1.39. The maximum Gasteiger partial charge on any atom is 0.260 e. The summed E-state index contributed by atoms with van der Waals surface area (Å²) in [5.41, 5.74) is 0. The second-order valence-corrected chi connectivity index (χ2v) is 7.44. The van der Waals surface area contributed by atoms with Crippen molar-refractivity contribution in [1.29, 1.82) is 0 Å². The van der Waals surface area contributed by atoms with Crippen LogP contribution in [0, 0.1) is 0 Å². The largest absolute Gasteiger partial charge is 0.480 e. The van der Waals surface area contributed by atoms with Crippen LogP contribution >= 0.6 is 23.4 Å². The quantitative estimate of drug-likeness (QED) is 0.450. The van der Waals surface area contributed by atoms with Gasteiger partial charge < -0.3 is 10.1 Å². The van der Waals surface area contributed by atoms with Gasteiger partial charge in [-0.1, -0.05) is 48.0 Å². The number of rotatable bonds is 7. The summed E-state index contributed by atoms with van der Waals surface area (Å²) < 4.78 is 5.88. The van der Waals surface area contributed by atoms with Gasteiger partial charge in [0.05, 0.1) is 0 Å². The minimum absolute atomic E-state index is 0.116. The maximum absolute atomic E-state index is 12.3. The van der Waals surface area contributed by atoms with Crippen molar-refractivity contribution in [2.45, 2.75) is 17.9 Å². The molecule has 0 aliphatic heterocycles. The van der Waals surface area contributed by atoms with E-state index in [1.165, 1.54) is 0 Å². The van der Waals surface area contributed by atoms with Crippen LogP contribution in [0.2, 0.25) is 5.02 Å². The molecule has 1 atom stereocenters. The highest BCUT2D eigenvalue weighted by Crippen LogP contribution is 2.26. The topological polar surface area (TPSA) is 38.3 Å². The van der Waals surface area contributed by atoms with Gasteiger partial charge in [-0.2, -0.15) is 0 Å². The number of amides is 1. The van der Waals surface area contributed by atoms with Crippen molar-refractivity contribution in [2.75, 3.05) is 12.3 Å². The number of hydrogen-bond acceptors (Lipinski definition) is 3. The number of ether oxygens (including phenoxy) is 1. The lowest BCUT2D eigenvalue weighted by molar-refractivity contribution is -0.127. The Morgan fingerprint density at radius 1 is 1.08 bits per heavy atom. The molecule has 0 saturated carbocycles. The molecule has 1 N–H and O–H groups in total. The van der Waals surface area contributed by atoms with Gasteiger partial charge >= 0.3 is 0 Å². The Bertz CT molecular complexity index is 877. The van der Waals surface area contributed by atoms with E-state index in [4.69, 9.17) is 16.3 Å². The van der Waals surface area contributed by atoms with Crippen molar-refractivity contribution in [3.05, 3.63) is 71.8 Å². The first-order valence-electron chi connectivity index (χ1n) is 8.44. The van der Waals surface area contributed by atoms with E-state index < -0.39 is 6.10 Å². The molecular formula is C21H20ClNO2S. The number of fused-ring (bicyclic) bond motifs is 1. The zero-order valence-corrected chi connectivity index (χ0v) is 16.0. The van der Waals surface area contributed by atoms with Gasteiger partial charge in [-0.15, -0.1) is 11.8 Å². The first-order chi connectivity index (χ1) is 12.6. The zero-order valence-electron chi connectivity index (χ0n) is 14.4. The number of carbonyl (C=O) groups is 1. The molecule has 5 heteroatoms. The van der Waals surface area contributed by atoms with E-state index in [0.29, 0.717) is 6.54 Å².